The molecule has 0 saturated carbocycles. The van der Waals surface area contributed by atoms with Crippen molar-refractivity contribution in [3.8, 4) is 10.8 Å². The normalized spacial score (nSPS) is 14.6. The van der Waals surface area contributed by atoms with Gasteiger partial charge in [0.25, 0.3) is 11.7 Å². The summed E-state index contributed by atoms with van der Waals surface area (Å²) in [7, 11) is 0. The molecule has 3 rings (SSSR count). The topological polar surface area (TPSA) is 76.2 Å². The van der Waals surface area contributed by atoms with E-state index in [1.165, 1.54) is 10.4 Å². The largest absolute Gasteiger partial charge is 0.475 e. The van der Waals surface area contributed by atoms with E-state index in [1.807, 2.05) is 17.8 Å². The highest BCUT2D eigenvalue weighted by molar-refractivity contribution is 7.98. The minimum atomic E-state index is -1.17. The summed E-state index contributed by atoms with van der Waals surface area (Å²) < 4.78 is 4.95. The number of thioether (sulfide) groups is 1. The molecule has 17 heavy (non-hydrogen) atoms. The van der Waals surface area contributed by atoms with Gasteiger partial charge in [-0.25, -0.2) is 4.79 Å². The fourth-order valence-electron chi connectivity index (χ4n) is 1.66. The molecule has 88 valence electrons. The van der Waals surface area contributed by atoms with Crippen LogP contribution in [0.1, 0.15) is 21.1 Å². The first kappa shape index (κ1) is 10.8. The fourth-order valence-corrected chi connectivity index (χ4v) is 3.96. The number of carboxylic acids is 1. The van der Waals surface area contributed by atoms with E-state index in [9.17, 15) is 4.79 Å². The zero-order chi connectivity index (χ0) is 11.8. The van der Waals surface area contributed by atoms with Crippen molar-refractivity contribution in [1.82, 2.24) is 10.1 Å². The van der Waals surface area contributed by atoms with Crippen molar-refractivity contribution in [2.45, 2.75) is 12.2 Å². The van der Waals surface area contributed by atoms with Crippen LogP contribution in [0.3, 0.4) is 0 Å². The van der Waals surface area contributed by atoms with Crippen LogP contribution in [0, 0.1) is 0 Å². The number of fused-ring (bicyclic) bond motifs is 1. The third kappa shape index (κ3) is 1.96. The summed E-state index contributed by atoms with van der Waals surface area (Å²) in [4.78, 5) is 16.7. The van der Waals surface area contributed by atoms with Crippen molar-refractivity contribution in [3.05, 3.63) is 22.3 Å². The fraction of sp³-hybridized carbons (Fsp3) is 0.300. The number of hydrogen-bond acceptors (Lipinski definition) is 6. The van der Waals surface area contributed by atoms with Gasteiger partial charge in [-0.15, -0.1) is 11.3 Å². The van der Waals surface area contributed by atoms with E-state index in [2.05, 4.69) is 10.1 Å². The molecule has 0 amide bonds. The molecule has 0 radical (unpaired) electrons. The molecule has 0 spiro atoms. The highest BCUT2D eigenvalue weighted by atomic mass is 32.2. The van der Waals surface area contributed by atoms with Crippen LogP contribution in [-0.4, -0.2) is 27.0 Å². The van der Waals surface area contributed by atoms with Gasteiger partial charge in [-0.05, 0) is 29.0 Å². The van der Waals surface area contributed by atoms with E-state index in [0.29, 0.717) is 5.89 Å². The van der Waals surface area contributed by atoms with Crippen molar-refractivity contribution in [3.63, 3.8) is 0 Å². The first-order valence-electron chi connectivity index (χ1n) is 5.01. The Morgan fingerprint density at radius 1 is 1.53 bits per heavy atom. The summed E-state index contributed by atoms with van der Waals surface area (Å²) in [5.74, 6) is 0.979. The maximum absolute atomic E-state index is 10.7. The predicted octanol–water partition coefficient (Wildman–Crippen LogP) is 2.29. The lowest BCUT2D eigenvalue weighted by Crippen LogP contribution is -1.97. The van der Waals surface area contributed by atoms with E-state index >= 15 is 0 Å². The molecule has 2 aromatic rings. The Kier molecular flexibility index (Phi) is 2.64. The van der Waals surface area contributed by atoms with Crippen LogP contribution in [0.2, 0.25) is 0 Å². The number of rotatable bonds is 2. The molecule has 0 unspecified atom stereocenters. The van der Waals surface area contributed by atoms with Crippen LogP contribution in [0.4, 0.5) is 0 Å². The van der Waals surface area contributed by atoms with Crippen molar-refractivity contribution in [1.29, 1.82) is 0 Å². The number of aromatic nitrogens is 2. The molecule has 0 bridgehead atoms. The summed E-state index contributed by atoms with van der Waals surface area (Å²) in [6, 6.07) is 2.02. The zero-order valence-electron chi connectivity index (χ0n) is 8.67. The SMILES string of the molecule is O=C(O)c1noc(-c2cc3c(s2)CCSC3)n1. The Morgan fingerprint density at radius 2 is 2.41 bits per heavy atom. The number of hydrogen-bond donors (Lipinski definition) is 1. The number of carbonyl (C=O) groups is 1. The van der Waals surface area contributed by atoms with Gasteiger partial charge < -0.3 is 9.63 Å². The summed E-state index contributed by atoms with van der Waals surface area (Å²) in [5, 5.41) is 12.1. The maximum Gasteiger partial charge on any atom is 0.377 e. The van der Waals surface area contributed by atoms with Crippen LogP contribution in [0.15, 0.2) is 10.6 Å². The third-order valence-electron chi connectivity index (χ3n) is 2.46. The van der Waals surface area contributed by atoms with Crippen molar-refractivity contribution >= 4 is 29.1 Å². The minimum Gasteiger partial charge on any atom is -0.475 e. The second-order valence-electron chi connectivity index (χ2n) is 3.59. The standard InChI is InChI=1S/C10H8N2O3S2/c13-10(14)8-11-9(15-12-8)7-3-5-4-16-2-1-6(5)17-7/h3H,1-2,4H2,(H,13,14). The number of aryl methyl sites for hydroxylation is 1. The molecule has 0 atom stereocenters. The van der Waals surface area contributed by atoms with Crippen LogP contribution < -0.4 is 0 Å². The van der Waals surface area contributed by atoms with Gasteiger partial charge in [0.2, 0.25) is 0 Å². The predicted molar refractivity (Wildman–Crippen MR) is 64.4 cm³/mol. The Balaban J connectivity index is 1.97. The van der Waals surface area contributed by atoms with Crippen molar-refractivity contribution in [2.75, 3.05) is 5.75 Å². The second kappa shape index (κ2) is 4.15. The lowest BCUT2D eigenvalue weighted by Gasteiger charge is -2.08. The molecular weight excluding hydrogens is 260 g/mol. The molecule has 0 saturated heterocycles. The van der Waals surface area contributed by atoms with Crippen LogP contribution in [0.5, 0.6) is 0 Å². The van der Waals surface area contributed by atoms with E-state index in [0.717, 1.165) is 22.8 Å². The van der Waals surface area contributed by atoms with E-state index in [1.54, 1.807) is 11.3 Å². The van der Waals surface area contributed by atoms with Gasteiger partial charge >= 0.3 is 5.97 Å². The second-order valence-corrected chi connectivity index (χ2v) is 5.83. The average Bonchev–Trinajstić information content (AvgIpc) is 2.95. The zero-order valence-corrected chi connectivity index (χ0v) is 10.3. The van der Waals surface area contributed by atoms with Crippen LogP contribution >= 0.6 is 23.1 Å². The summed E-state index contributed by atoms with van der Waals surface area (Å²) in [6.45, 7) is 0. The van der Waals surface area contributed by atoms with Crippen LogP contribution in [0.25, 0.3) is 10.8 Å². The molecule has 0 aromatic carbocycles. The number of thiophene rings is 1. The highest BCUT2D eigenvalue weighted by Crippen LogP contribution is 2.36. The number of nitrogens with zero attached hydrogens (tertiary/aromatic N) is 2. The summed E-state index contributed by atoms with van der Waals surface area (Å²) >= 11 is 3.51. The van der Waals surface area contributed by atoms with Gasteiger partial charge in [0, 0.05) is 10.6 Å². The Bertz CT molecular complexity index is 552. The first-order chi connectivity index (χ1) is 8.24. The molecule has 7 heteroatoms. The summed E-state index contributed by atoms with van der Waals surface area (Å²) in [5.41, 5.74) is 1.30. The van der Waals surface area contributed by atoms with Crippen LogP contribution in [-0.2, 0) is 12.2 Å². The Morgan fingerprint density at radius 3 is 3.12 bits per heavy atom. The summed E-state index contributed by atoms with van der Waals surface area (Å²) in [6.07, 6.45) is 1.06. The number of aromatic carboxylic acids is 1. The molecule has 2 aromatic heterocycles. The molecular formula is C10H8N2O3S2. The lowest BCUT2D eigenvalue weighted by atomic mass is 10.2. The maximum atomic E-state index is 10.7. The van der Waals surface area contributed by atoms with E-state index in [-0.39, 0.29) is 5.82 Å². The lowest BCUT2D eigenvalue weighted by molar-refractivity contribution is 0.0680. The molecule has 1 aliphatic heterocycles. The molecule has 1 N–H and O–H groups in total. The molecule has 5 nitrogen and oxygen atoms in total. The van der Waals surface area contributed by atoms with Gasteiger partial charge in [0.15, 0.2) is 0 Å². The van der Waals surface area contributed by atoms with Gasteiger partial charge in [-0.2, -0.15) is 16.7 Å². The highest BCUT2D eigenvalue weighted by Gasteiger charge is 2.19. The van der Waals surface area contributed by atoms with Gasteiger partial charge in [0.1, 0.15) is 0 Å². The molecule has 1 aliphatic rings. The Labute approximate surface area is 105 Å². The van der Waals surface area contributed by atoms with Crippen molar-refractivity contribution in [2.24, 2.45) is 0 Å². The van der Waals surface area contributed by atoms with Gasteiger partial charge in [0.05, 0.1) is 4.88 Å². The van der Waals surface area contributed by atoms with Crippen molar-refractivity contribution < 1.29 is 14.4 Å². The quantitative estimate of drug-likeness (QED) is 0.900. The third-order valence-corrected chi connectivity index (χ3v) is 4.69. The van der Waals surface area contributed by atoms with Gasteiger partial charge in [-0.1, -0.05) is 0 Å². The minimum absolute atomic E-state index is 0.291. The van der Waals surface area contributed by atoms with E-state index < -0.39 is 5.97 Å². The first-order valence-corrected chi connectivity index (χ1v) is 6.98. The van der Waals surface area contributed by atoms with E-state index in [4.69, 9.17) is 9.63 Å². The smallest absolute Gasteiger partial charge is 0.377 e. The number of carboxylic acid groups (broad SMARTS) is 1. The molecule has 3 heterocycles. The molecule has 0 fully saturated rings. The monoisotopic (exact) mass is 268 g/mol. The average molecular weight is 268 g/mol. The van der Waals surface area contributed by atoms with Gasteiger partial charge in [-0.3, -0.25) is 0 Å². The Hall–Kier alpha value is -1.34. The molecule has 0 aliphatic carbocycles.